The zero-order chi connectivity index (χ0) is 13.5. The number of nitrogens with zero attached hydrogens (tertiary/aromatic N) is 1. The molecule has 0 heterocycles. The Labute approximate surface area is 116 Å². The predicted molar refractivity (Wildman–Crippen MR) is 78.0 cm³/mol. The summed E-state index contributed by atoms with van der Waals surface area (Å²) in [5.41, 5.74) is 0.920. The van der Waals surface area contributed by atoms with Crippen molar-refractivity contribution >= 4 is 27.3 Å². The minimum atomic E-state index is -0.371. The third-order valence-corrected chi connectivity index (χ3v) is 3.46. The van der Waals surface area contributed by atoms with E-state index < -0.39 is 0 Å². The molecule has 0 saturated carbocycles. The van der Waals surface area contributed by atoms with Gasteiger partial charge in [-0.25, -0.2) is 0 Å². The summed E-state index contributed by atoms with van der Waals surface area (Å²) < 4.78 is 0.514. The second-order valence-corrected chi connectivity index (χ2v) is 5.20. The first kappa shape index (κ1) is 15.0. The van der Waals surface area contributed by atoms with Crippen LogP contribution in [0, 0.1) is 10.1 Å². The highest BCUT2D eigenvalue weighted by atomic mass is 79.9. The van der Waals surface area contributed by atoms with Crippen LogP contribution >= 0.6 is 15.9 Å². The molecular formula is C13H19BrN2O2. The van der Waals surface area contributed by atoms with Gasteiger partial charge in [0.25, 0.3) is 5.69 Å². The van der Waals surface area contributed by atoms with E-state index in [2.05, 4.69) is 35.1 Å². The summed E-state index contributed by atoms with van der Waals surface area (Å²) in [6, 6.07) is 5.56. The van der Waals surface area contributed by atoms with E-state index in [1.54, 1.807) is 12.1 Å². The molecule has 1 N–H and O–H groups in total. The number of hydrogen-bond donors (Lipinski definition) is 1. The molecule has 0 fully saturated rings. The van der Waals surface area contributed by atoms with E-state index in [-0.39, 0.29) is 10.6 Å². The fourth-order valence-electron chi connectivity index (χ4n) is 1.96. The lowest BCUT2D eigenvalue weighted by molar-refractivity contribution is -0.385. The van der Waals surface area contributed by atoms with E-state index in [1.165, 1.54) is 0 Å². The number of nitrogens with one attached hydrogen (secondary N) is 1. The average molecular weight is 315 g/mol. The second-order valence-electron chi connectivity index (χ2n) is 4.34. The van der Waals surface area contributed by atoms with Crippen LogP contribution in [0.5, 0.6) is 0 Å². The minimum absolute atomic E-state index is 0.103. The standard InChI is InChI=1S/C13H19BrN2O2/c1-3-5-10(6-4-2)15-11-7-8-12(14)13(9-11)16(17)18/h7-10,15H,3-6H2,1-2H3. The third kappa shape index (κ3) is 4.29. The number of nitro groups is 1. The van der Waals surface area contributed by atoms with Crippen LogP contribution < -0.4 is 5.32 Å². The summed E-state index contributed by atoms with van der Waals surface area (Å²) in [5.74, 6) is 0. The molecule has 0 aliphatic rings. The maximum Gasteiger partial charge on any atom is 0.285 e. The lowest BCUT2D eigenvalue weighted by atomic mass is 10.1. The first-order valence-corrected chi connectivity index (χ1v) is 7.08. The molecular weight excluding hydrogens is 296 g/mol. The van der Waals surface area contributed by atoms with Gasteiger partial charge in [0.1, 0.15) is 0 Å². The normalized spacial score (nSPS) is 10.7. The van der Waals surface area contributed by atoms with E-state index in [0.29, 0.717) is 10.5 Å². The molecule has 0 radical (unpaired) electrons. The summed E-state index contributed by atoms with van der Waals surface area (Å²) in [6.45, 7) is 4.29. The van der Waals surface area contributed by atoms with Crippen LogP contribution in [0.15, 0.2) is 22.7 Å². The largest absolute Gasteiger partial charge is 0.382 e. The molecule has 1 aromatic carbocycles. The smallest absolute Gasteiger partial charge is 0.285 e. The van der Waals surface area contributed by atoms with Crippen LogP contribution in [-0.2, 0) is 0 Å². The van der Waals surface area contributed by atoms with Crippen LogP contribution in [0.1, 0.15) is 39.5 Å². The molecule has 0 unspecified atom stereocenters. The fraction of sp³-hybridized carbons (Fsp3) is 0.538. The van der Waals surface area contributed by atoms with E-state index in [4.69, 9.17) is 0 Å². The highest BCUT2D eigenvalue weighted by Gasteiger charge is 2.14. The third-order valence-electron chi connectivity index (χ3n) is 2.79. The first-order chi connectivity index (χ1) is 8.58. The van der Waals surface area contributed by atoms with Crippen LogP contribution in [0.25, 0.3) is 0 Å². The maximum absolute atomic E-state index is 10.9. The van der Waals surface area contributed by atoms with Crippen molar-refractivity contribution in [3.05, 3.63) is 32.8 Å². The zero-order valence-electron chi connectivity index (χ0n) is 10.8. The maximum atomic E-state index is 10.9. The molecule has 0 aliphatic heterocycles. The highest BCUT2D eigenvalue weighted by Crippen LogP contribution is 2.28. The summed E-state index contributed by atoms with van der Waals surface area (Å²) >= 11 is 3.19. The summed E-state index contributed by atoms with van der Waals surface area (Å²) in [7, 11) is 0. The molecule has 0 amide bonds. The average Bonchev–Trinajstić information content (AvgIpc) is 2.32. The number of halogens is 1. The number of rotatable bonds is 7. The van der Waals surface area contributed by atoms with E-state index in [0.717, 1.165) is 31.4 Å². The van der Waals surface area contributed by atoms with Crippen LogP contribution in [0.4, 0.5) is 11.4 Å². The summed E-state index contributed by atoms with van der Waals surface area (Å²) in [6.07, 6.45) is 4.38. The molecule has 0 saturated heterocycles. The van der Waals surface area contributed by atoms with Gasteiger partial charge in [-0.1, -0.05) is 26.7 Å². The molecule has 0 aromatic heterocycles. The van der Waals surface area contributed by atoms with E-state index in [1.807, 2.05) is 6.07 Å². The Morgan fingerprint density at radius 3 is 2.44 bits per heavy atom. The van der Waals surface area contributed by atoms with E-state index >= 15 is 0 Å². The van der Waals surface area contributed by atoms with Gasteiger partial charge in [-0.3, -0.25) is 10.1 Å². The molecule has 18 heavy (non-hydrogen) atoms. The Morgan fingerprint density at radius 1 is 1.33 bits per heavy atom. The Bertz CT molecular complexity index is 404. The molecule has 0 bridgehead atoms. The fourth-order valence-corrected chi connectivity index (χ4v) is 2.36. The van der Waals surface area contributed by atoms with Crippen molar-refractivity contribution in [2.75, 3.05) is 5.32 Å². The van der Waals surface area contributed by atoms with Gasteiger partial charge in [-0.2, -0.15) is 0 Å². The SMILES string of the molecule is CCCC(CCC)Nc1ccc(Br)c([N+](=O)[O-])c1. The predicted octanol–water partition coefficient (Wildman–Crippen LogP) is 4.74. The van der Waals surface area contributed by atoms with Crippen LogP contribution in [0.2, 0.25) is 0 Å². The highest BCUT2D eigenvalue weighted by molar-refractivity contribution is 9.10. The Hall–Kier alpha value is -1.10. The van der Waals surface area contributed by atoms with Crippen molar-refractivity contribution in [1.82, 2.24) is 0 Å². The van der Waals surface area contributed by atoms with Gasteiger partial charge in [0.15, 0.2) is 0 Å². The van der Waals surface area contributed by atoms with Crippen molar-refractivity contribution in [2.45, 2.75) is 45.6 Å². The van der Waals surface area contributed by atoms with Crippen molar-refractivity contribution in [2.24, 2.45) is 0 Å². The number of nitro benzene ring substituents is 1. The van der Waals surface area contributed by atoms with E-state index in [9.17, 15) is 10.1 Å². The van der Waals surface area contributed by atoms with Crippen molar-refractivity contribution in [1.29, 1.82) is 0 Å². The number of benzene rings is 1. The van der Waals surface area contributed by atoms with Gasteiger partial charge in [0, 0.05) is 17.8 Å². The lowest BCUT2D eigenvalue weighted by Gasteiger charge is -2.18. The van der Waals surface area contributed by atoms with Gasteiger partial charge in [-0.05, 0) is 40.9 Å². The van der Waals surface area contributed by atoms with Crippen LogP contribution in [-0.4, -0.2) is 11.0 Å². The first-order valence-electron chi connectivity index (χ1n) is 6.29. The lowest BCUT2D eigenvalue weighted by Crippen LogP contribution is -2.18. The molecule has 0 aliphatic carbocycles. The zero-order valence-corrected chi connectivity index (χ0v) is 12.4. The van der Waals surface area contributed by atoms with Gasteiger partial charge in [0.05, 0.1) is 9.40 Å². The molecule has 5 heteroatoms. The monoisotopic (exact) mass is 314 g/mol. The van der Waals surface area contributed by atoms with Crippen molar-refractivity contribution < 1.29 is 4.92 Å². The molecule has 0 spiro atoms. The van der Waals surface area contributed by atoms with Gasteiger partial charge in [0.2, 0.25) is 0 Å². The topological polar surface area (TPSA) is 55.2 Å². The second kappa shape index (κ2) is 7.36. The Kier molecular flexibility index (Phi) is 6.12. The Morgan fingerprint density at radius 2 is 1.94 bits per heavy atom. The summed E-state index contributed by atoms with van der Waals surface area (Å²) in [5, 5.41) is 14.2. The van der Waals surface area contributed by atoms with Crippen LogP contribution in [0.3, 0.4) is 0 Å². The molecule has 4 nitrogen and oxygen atoms in total. The van der Waals surface area contributed by atoms with Gasteiger partial charge in [-0.15, -0.1) is 0 Å². The number of anilines is 1. The van der Waals surface area contributed by atoms with Gasteiger partial charge < -0.3 is 5.32 Å². The molecule has 1 rings (SSSR count). The minimum Gasteiger partial charge on any atom is -0.382 e. The van der Waals surface area contributed by atoms with Gasteiger partial charge >= 0.3 is 0 Å². The summed E-state index contributed by atoms with van der Waals surface area (Å²) in [4.78, 5) is 10.5. The Balaban J connectivity index is 2.82. The quantitative estimate of drug-likeness (QED) is 0.584. The molecule has 100 valence electrons. The number of hydrogen-bond acceptors (Lipinski definition) is 3. The van der Waals surface area contributed by atoms with Crippen molar-refractivity contribution in [3.8, 4) is 0 Å². The van der Waals surface area contributed by atoms with Crippen molar-refractivity contribution in [3.63, 3.8) is 0 Å². The molecule has 1 aromatic rings. The molecule has 0 atom stereocenters.